The third kappa shape index (κ3) is 2.80. The summed E-state index contributed by atoms with van der Waals surface area (Å²) in [7, 11) is 5.90. The van der Waals surface area contributed by atoms with E-state index in [2.05, 4.69) is 29.3 Å². The van der Waals surface area contributed by atoms with Crippen molar-refractivity contribution < 1.29 is 4.79 Å². The van der Waals surface area contributed by atoms with Gasteiger partial charge in [-0.05, 0) is 35.7 Å². The van der Waals surface area contributed by atoms with E-state index >= 15 is 0 Å². The number of hydrogen-bond acceptors (Lipinski definition) is 3. The summed E-state index contributed by atoms with van der Waals surface area (Å²) in [5.41, 5.74) is 2.74. The Labute approximate surface area is 155 Å². The zero-order valence-corrected chi connectivity index (χ0v) is 15.7. The van der Waals surface area contributed by atoms with Gasteiger partial charge in [-0.2, -0.15) is 4.99 Å². The molecule has 0 spiro atoms. The van der Waals surface area contributed by atoms with Gasteiger partial charge in [0.2, 0.25) is 0 Å². The largest absolute Gasteiger partial charge is 0.378 e. The Bertz CT molecular complexity index is 1180. The van der Waals surface area contributed by atoms with Gasteiger partial charge in [-0.15, -0.1) is 0 Å². The maximum absolute atomic E-state index is 12.6. The van der Waals surface area contributed by atoms with Gasteiger partial charge in [0.05, 0.1) is 10.2 Å². The average Bonchev–Trinajstić information content (AvgIpc) is 2.98. The lowest BCUT2D eigenvalue weighted by molar-refractivity contribution is 0.0998. The number of nitrogens with zero attached hydrogens (tertiary/aromatic N) is 3. The van der Waals surface area contributed by atoms with Crippen molar-refractivity contribution in [2.45, 2.75) is 0 Å². The van der Waals surface area contributed by atoms with Gasteiger partial charge < -0.3 is 9.47 Å². The number of thiazole rings is 1. The van der Waals surface area contributed by atoms with E-state index in [1.807, 2.05) is 67.0 Å². The molecule has 0 aliphatic rings. The number of hydrogen-bond donors (Lipinski definition) is 0. The van der Waals surface area contributed by atoms with Crippen LogP contribution in [-0.4, -0.2) is 24.6 Å². The highest BCUT2D eigenvalue weighted by Crippen LogP contribution is 2.27. The fraction of sp³-hybridized carbons (Fsp3) is 0.143. The summed E-state index contributed by atoms with van der Waals surface area (Å²) in [5, 5.41) is 2.38. The first-order valence-corrected chi connectivity index (χ1v) is 9.20. The maximum atomic E-state index is 12.6. The van der Waals surface area contributed by atoms with Gasteiger partial charge in [-0.3, -0.25) is 4.79 Å². The normalized spacial score (nSPS) is 12.0. The van der Waals surface area contributed by atoms with E-state index in [1.54, 1.807) is 11.3 Å². The quantitative estimate of drug-likeness (QED) is 0.537. The summed E-state index contributed by atoms with van der Waals surface area (Å²) in [4.78, 5) is 19.7. The molecule has 1 aromatic heterocycles. The monoisotopic (exact) mass is 361 g/mol. The minimum absolute atomic E-state index is 0.221. The number of rotatable bonds is 2. The van der Waals surface area contributed by atoms with Gasteiger partial charge in [0.1, 0.15) is 0 Å². The standard InChI is InChI=1S/C21H19N3OS/c1-23(2)16-11-8-15(9-12-16)20(25)22-21-24(3)18-13-10-14-6-4-5-7-17(14)19(18)26-21/h4-13H,1-3H3. The summed E-state index contributed by atoms with van der Waals surface area (Å²) < 4.78 is 3.14. The van der Waals surface area contributed by atoms with Crippen molar-refractivity contribution in [3.8, 4) is 0 Å². The highest BCUT2D eigenvalue weighted by atomic mass is 32.1. The Morgan fingerprint density at radius 3 is 2.46 bits per heavy atom. The van der Waals surface area contributed by atoms with Crippen LogP contribution in [0.1, 0.15) is 10.4 Å². The molecule has 0 fully saturated rings. The van der Waals surface area contributed by atoms with Crippen LogP contribution < -0.4 is 9.70 Å². The molecule has 0 bridgehead atoms. The van der Waals surface area contributed by atoms with Crippen LogP contribution in [0.5, 0.6) is 0 Å². The molecule has 0 saturated carbocycles. The molecule has 0 saturated heterocycles. The molecule has 1 amide bonds. The summed E-state index contributed by atoms with van der Waals surface area (Å²) in [5.74, 6) is -0.221. The van der Waals surface area contributed by atoms with Crippen LogP contribution in [0, 0.1) is 0 Å². The number of carbonyl (C=O) groups is 1. The molecule has 4 rings (SSSR count). The van der Waals surface area contributed by atoms with Crippen LogP contribution in [-0.2, 0) is 7.05 Å². The van der Waals surface area contributed by atoms with Crippen LogP contribution >= 0.6 is 11.3 Å². The maximum Gasteiger partial charge on any atom is 0.279 e. The molecule has 1 heterocycles. The number of aromatic nitrogens is 1. The van der Waals surface area contributed by atoms with Crippen molar-refractivity contribution in [3.05, 3.63) is 71.0 Å². The molecule has 3 aromatic carbocycles. The van der Waals surface area contributed by atoms with Crippen molar-refractivity contribution in [1.29, 1.82) is 0 Å². The molecule has 4 nitrogen and oxygen atoms in total. The molecule has 0 atom stereocenters. The van der Waals surface area contributed by atoms with Crippen LogP contribution in [0.25, 0.3) is 21.0 Å². The van der Waals surface area contributed by atoms with Crippen molar-refractivity contribution in [2.24, 2.45) is 12.0 Å². The van der Waals surface area contributed by atoms with E-state index in [4.69, 9.17) is 0 Å². The third-order valence-corrected chi connectivity index (χ3v) is 5.71. The first kappa shape index (κ1) is 16.5. The van der Waals surface area contributed by atoms with Gasteiger partial charge in [-0.25, -0.2) is 0 Å². The Morgan fingerprint density at radius 1 is 1.00 bits per heavy atom. The fourth-order valence-corrected chi connectivity index (χ4v) is 4.17. The smallest absolute Gasteiger partial charge is 0.279 e. The lowest BCUT2D eigenvalue weighted by Crippen LogP contribution is -2.13. The Balaban J connectivity index is 1.81. The van der Waals surface area contributed by atoms with Crippen LogP contribution in [0.4, 0.5) is 5.69 Å². The molecule has 5 heteroatoms. The third-order valence-electron chi connectivity index (χ3n) is 4.53. The molecule has 0 unspecified atom stereocenters. The molecule has 26 heavy (non-hydrogen) atoms. The van der Waals surface area contributed by atoms with Crippen LogP contribution in [0.3, 0.4) is 0 Å². The molecule has 4 aromatic rings. The van der Waals surface area contributed by atoms with Gasteiger partial charge >= 0.3 is 0 Å². The van der Waals surface area contributed by atoms with Crippen molar-refractivity contribution >= 4 is 43.9 Å². The van der Waals surface area contributed by atoms with Crippen molar-refractivity contribution in [2.75, 3.05) is 19.0 Å². The van der Waals surface area contributed by atoms with Crippen LogP contribution in [0.2, 0.25) is 0 Å². The molecule has 0 N–H and O–H groups in total. The van der Waals surface area contributed by atoms with E-state index in [9.17, 15) is 4.79 Å². The molecule has 0 radical (unpaired) electrons. The second kappa shape index (κ2) is 6.42. The molecular weight excluding hydrogens is 342 g/mol. The summed E-state index contributed by atoms with van der Waals surface area (Å²) in [6.45, 7) is 0. The summed E-state index contributed by atoms with van der Waals surface area (Å²) in [6, 6.07) is 20.0. The molecule has 0 aliphatic carbocycles. The zero-order valence-electron chi connectivity index (χ0n) is 14.9. The predicted molar refractivity (Wildman–Crippen MR) is 109 cm³/mol. The lowest BCUT2D eigenvalue weighted by atomic mass is 10.1. The van der Waals surface area contributed by atoms with E-state index in [0.717, 1.165) is 15.9 Å². The highest BCUT2D eigenvalue weighted by molar-refractivity contribution is 7.17. The number of anilines is 1. The minimum Gasteiger partial charge on any atom is -0.378 e. The summed E-state index contributed by atoms with van der Waals surface area (Å²) in [6.07, 6.45) is 0. The van der Waals surface area contributed by atoms with Gasteiger partial charge in [0.25, 0.3) is 5.91 Å². The second-order valence-corrected chi connectivity index (χ2v) is 7.41. The first-order valence-electron chi connectivity index (χ1n) is 8.38. The second-order valence-electron chi connectivity index (χ2n) is 6.44. The molecule has 0 aliphatic heterocycles. The number of benzene rings is 3. The van der Waals surface area contributed by atoms with E-state index in [0.29, 0.717) is 10.4 Å². The minimum atomic E-state index is -0.221. The SMILES string of the molecule is CN(C)c1ccc(C(=O)N=c2sc3c4ccccc4ccc3n2C)cc1. The lowest BCUT2D eigenvalue weighted by Gasteiger charge is -2.11. The number of aryl methyl sites for hydroxylation is 1. The highest BCUT2D eigenvalue weighted by Gasteiger charge is 2.09. The Hall–Kier alpha value is -2.92. The molecule has 130 valence electrons. The summed E-state index contributed by atoms with van der Waals surface area (Å²) >= 11 is 1.55. The number of carbonyl (C=O) groups excluding carboxylic acids is 1. The molecular formula is C21H19N3OS. The van der Waals surface area contributed by atoms with Crippen molar-refractivity contribution in [1.82, 2.24) is 4.57 Å². The fourth-order valence-electron chi connectivity index (χ4n) is 3.02. The number of amides is 1. The first-order chi connectivity index (χ1) is 12.5. The van der Waals surface area contributed by atoms with E-state index in [1.165, 1.54) is 10.8 Å². The predicted octanol–water partition coefficient (Wildman–Crippen LogP) is 4.20. The van der Waals surface area contributed by atoms with Gasteiger partial charge in [-0.1, -0.05) is 41.7 Å². The van der Waals surface area contributed by atoms with Crippen molar-refractivity contribution in [3.63, 3.8) is 0 Å². The van der Waals surface area contributed by atoms with Gasteiger partial charge in [0.15, 0.2) is 4.80 Å². The topological polar surface area (TPSA) is 37.6 Å². The zero-order chi connectivity index (χ0) is 18.3. The average molecular weight is 361 g/mol. The number of fused-ring (bicyclic) bond motifs is 3. The van der Waals surface area contributed by atoms with Gasteiger partial charge in [0, 0.05) is 37.8 Å². The van der Waals surface area contributed by atoms with Crippen LogP contribution in [0.15, 0.2) is 65.7 Å². The van der Waals surface area contributed by atoms with E-state index in [-0.39, 0.29) is 5.91 Å². The Morgan fingerprint density at radius 2 is 1.73 bits per heavy atom. The van der Waals surface area contributed by atoms with E-state index < -0.39 is 0 Å². The Kier molecular flexibility index (Phi) is 4.09.